The van der Waals surface area contributed by atoms with Gasteiger partial charge in [-0.3, -0.25) is 0 Å². The van der Waals surface area contributed by atoms with Gasteiger partial charge in [0.25, 0.3) is 0 Å². The third-order valence-electron chi connectivity index (χ3n) is 3.12. The molecule has 0 radical (unpaired) electrons. The number of phenols is 1. The highest BCUT2D eigenvalue weighted by Crippen LogP contribution is 2.20. The van der Waals surface area contributed by atoms with Gasteiger partial charge in [0.15, 0.2) is 0 Å². The third kappa shape index (κ3) is 4.09. The van der Waals surface area contributed by atoms with E-state index in [4.69, 9.17) is 0 Å². The molecule has 0 aromatic heterocycles. The Morgan fingerprint density at radius 2 is 1.91 bits per heavy atom. The number of hydrogen-bond donors (Lipinski definition) is 3. The summed E-state index contributed by atoms with van der Waals surface area (Å²) in [6.45, 7) is 3.85. The fourth-order valence-electron chi connectivity index (χ4n) is 2.01. The number of carbonyl (C=O) groups is 1. The van der Waals surface area contributed by atoms with Crippen molar-refractivity contribution >= 4 is 17.4 Å². The summed E-state index contributed by atoms with van der Waals surface area (Å²) in [6, 6.07) is 14.0. The number of anilines is 1. The lowest BCUT2D eigenvalue weighted by Crippen LogP contribution is -2.25. The number of nitrogens with zero attached hydrogens (tertiary/aromatic N) is 1. The highest BCUT2D eigenvalue weighted by molar-refractivity contribution is 6.03. The standard InChI is InChI=1S/C17H19N3O2/c1-3-15(14-11-12(2)9-10-16(14)21)19-20-17(22)18-13-7-5-4-6-8-13/h4-11,21H,3H2,1-2H3,(H2,18,20,22)/b19-15+. The summed E-state index contributed by atoms with van der Waals surface area (Å²) in [5.74, 6) is 0.150. The quantitative estimate of drug-likeness (QED) is 0.595. The number of nitrogens with one attached hydrogen (secondary N) is 2. The highest BCUT2D eigenvalue weighted by Gasteiger charge is 2.09. The van der Waals surface area contributed by atoms with Crippen LogP contribution in [0.25, 0.3) is 0 Å². The van der Waals surface area contributed by atoms with E-state index in [1.165, 1.54) is 0 Å². The maximum Gasteiger partial charge on any atom is 0.339 e. The van der Waals surface area contributed by atoms with Crippen LogP contribution in [0.5, 0.6) is 5.75 Å². The van der Waals surface area contributed by atoms with E-state index >= 15 is 0 Å². The largest absolute Gasteiger partial charge is 0.507 e. The predicted molar refractivity (Wildman–Crippen MR) is 88.3 cm³/mol. The molecular formula is C17H19N3O2. The maximum atomic E-state index is 11.8. The first-order valence-electron chi connectivity index (χ1n) is 7.08. The Morgan fingerprint density at radius 3 is 2.59 bits per heavy atom. The Morgan fingerprint density at radius 1 is 1.18 bits per heavy atom. The summed E-state index contributed by atoms with van der Waals surface area (Å²) >= 11 is 0. The number of urea groups is 1. The molecule has 2 aromatic rings. The molecule has 2 amide bonds. The lowest BCUT2D eigenvalue weighted by Gasteiger charge is -2.09. The molecule has 2 rings (SSSR count). The van der Waals surface area contributed by atoms with Crippen molar-refractivity contribution in [3.05, 3.63) is 59.7 Å². The summed E-state index contributed by atoms with van der Waals surface area (Å²) in [6.07, 6.45) is 0.586. The van der Waals surface area contributed by atoms with E-state index in [1.54, 1.807) is 18.2 Å². The molecular weight excluding hydrogens is 278 g/mol. The first kappa shape index (κ1) is 15.6. The van der Waals surface area contributed by atoms with Crippen LogP contribution in [0.3, 0.4) is 0 Å². The smallest absolute Gasteiger partial charge is 0.339 e. The Hall–Kier alpha value is -2.82. The van der Waals surface area contributed by atoms with Crippen LogP contribution in [0.1, 0.15) is 24.5 Å². The predicted octanol–water partition coefficient (Wildman–Crippen LogP) is 3.64. The third-order valence-corrected chi connectivity index (χ3v) is 3.12. The van der Waals surface area contributed by atoms with Gasteiger partial charge in [-0.15, -0.1) is 0 Å². The van der Waals surface area contributed by atoms with Crippen LogP contribution in [0.2, 0.25) is 0 Å². The Bertz CT molecular complexity index is 682. The lowest BCUT2D eigenvalue weighted by molar-refractivity contribution is 0.252. The summed E-state index contributed by atoms with van der Waals surface area (Å²) in [5, 5.41) is 16.7. The fourth-order valence-corrected chi connectivity index (χ4v) is 2.01. The van der Waals surface area contributed by atoms with Crippen molar-refractivity contribution in [2.45, 2.75) is 20.3 Å². The molecule has 0 atom stereocenters. The second-order valence-corrected chi connectivity index (χ2v) is 4.86. The van der Waals surface area contributed by atoms with Crippen molar-refractivity contribution in [1.82, 2.24) is 5.43 Å². The summed E-state index contributed by atoms with van der Waals surface area (Å²) in [7, 11) is 0. The first-order valence-corrected chi connectivity index (χ1v) is 7.08. The van der Waals surface area contributed by atoms with Crippen LogP contribution in [0, 0.1) is 6.92 Å². The molecule has 22 heavy (non-hydrogen) atoms. The van der Waals surface area contributed by atoms with Crippen LogP contribution in [0.4, 0.5) is 10.5 Å². The van der Waals surface area contributed by atoms with Gasteiger partial charge in [0.2, 0.25) is 0 Å². The van der Waals surface area contributed by atoms with Gasteiger partial charge in [0, 0.05) is 11.3 Å². The number of benzene rings is 2. The topological polar surface area (TPSA) is 73.7 Å². The molecule has 5 heteroatoms. The van der Waals surface area contributed by atoms with Crippen molar-refractivity contribution in [1.29, 1.82) is 0 Å². The molecule has 0 spiro atoms. The molecule has 0 unspecified atom stereocenters. The van der Waals surface area contributed by atoms with Crippen molar-refractivity contribution in [2.24, 2.45) is 5.10 Å². The molecule has 114 valence electrons. The summed E-state index contributed by atoms with van der Waals surface area (Å²) in [4.78, 5) is 11.8. The molecule has 3 N–H and O–H groups in total. The first-order chi connectivity index (χ1) is 10.6. The van der Waals surface area contributed by atoms with Gasteiger partial charge in [-0.05, 0) is 37.6 Å². The molecule has 0 saturated heterocycles. The summed E-state index contributed by atoms with van der Waals surface area (Å²) in [5.41, 5.74) is 5.40. The number of phenolic OH excluding ortho intramolecular Hbond substituents is 1. The number of para-hydroxylation sites is 1. The Balaban J connectivity index is 2.09. The lowest BCUT2D eigenvalue weighted by atomic mass is 10.0. The van der Waals surface area contributed by atoms with Crippen molar-refractivity contribution in [3.8, 4) is 5.75 Å². The van der Waals surface area contributed by atoms with Crippen molar-refractivity contribution in [2.75, 3.05) is 5.32 Å². The number of hydrogen-bond acceptors (Lipinski definition) is 3. The molecule has 2 aromatic carbocycles. The monoisotopic (exact) mass is 297 g/mol. The number of aryl methyl sites for hydroxylation is 1. The molecule has 0 saturated carbocycles. The minimum Gasteiger partial charge on any atom is -0.507 e. The van der Waals surface area contributed by atoms with Crippen LogP contribution in [-0.2, 0) is 0 Å². The number of aromatic hydroxyl groups is 1. The zero-order valence-electron chi connectivity index (χ0n) is 12.6. The zero-order chi connectivity index (χ0) is 15.9. The van der Waals surface area contributed by atoms with E-state index in [-0.39, 0.29) is 5.75 Å². The van der Waals surface area contributed by atoms with Gasteiger partial charge in [-0.1, -0.05) is 36.8 Å². The van der Waals surface area contributed by atoms with Gasteiger partial charge < -0.3 is 10.4 Å². The molecule has 0 bridgehead atoms. The number of amides is 2. The van der Waals surface area contributed by atoms with Gasteiger partial charge in [-0.2, -0.15) is 5.10 Å². The second-order valence-electron chi connectivity index (χ2n) is 4.86. The minimum atomic E-state index is -0.427. The average molecular weight is 297 g/mol. The fraction of sp³-hybridized carbons (Fsp3) is 0.176. The van der Waals surface area contributed by atoms with Crippen LogP contribution >= 0.6 is 0 Å². The highest BCUT2D eigenvalue weighted by atomic mass is 16.3. The number of rotatable bonds is 4. The van der Waals surface area contributed by atoms with E-state index in [9.17, 15) is 9.90 Å². The number of hydrazone groups is 1. The van der Waals surface area contributed by atoms with Crippen molar-refractivity contribution in [3.63, 3.8) is 0 Å². The van der Waals surface area contributed by atoms with Crippen LogP contribution in [-0.4, -0.2) is 16.8 Å². The van der Waals surface area contributed by atoms with Crippen molar-refractivity contribution < 1.29 is 9.90 Å². The molecule has 0 aliphatic carbocycles. The van der Waals surface area contributed by atoms with Gasteiger partial charge in [-0.25, -0.2) is 10.2 Å². The maximum absolute atomic E-state index is 11.8. The molecule has 0 heterocycles. The van der Waals surface area contributed by atoms with Crippen LogP contribution in [0.15, 0.2) is 53.6 Å². The van der Waals surface area contributed by atoms with Gasteiger partial charge in [0.1, 0.15) is 5.75 Å². The molecule has 0 aliphatic rings. The average Bonchev–Trinajstić information content (AvgIpc) is 2.52. The summed E-state index contributed by atoms with van der Waals surface area (Å²) < 4.78 is 0. The second kappa shape index (κ2) is 7.26. The van der Waals surface area contributed by atoms with Crippen LogP contribution < -0.4 is 10.7 Å². The molecule has 5 nitrogen and oxygen atoms in total. The minimum absolute atomic E-state index is 0.150. The Kier molecular flexibility index (Phi) is 5.14. The van der Waals surface area contributed by atoms with E-state index in [0.29, 0.717) is 23.4 Å². The Labute approximate surface area is 129 Å². The van der Waals surface area contributed by atoms with E-state index < -0.39 is 6.03 Å². The van der Waals surface area contributed by atoms with E-state index in [1.807, 2.05) is 44.2 Å². The molecule has 0 fully saturated rings. The SMILES string of the molecule is CC/C(=N\NC(=O)Nc1ccccc1)c1cc(C)ccc1O. The number of carbonyl (C=O) groups excluding carboxylic acids is 1. The van der Waals surface area contributed by atoms with E-state index in [0.717, 1.165) is 5.56 Å². The van der Waals surface area contributed by atoms with Gasteiger partial charge in [0.05, 0.1) is 5.71 Å². The van der Waals surface area contributed by atoms with Gasteiger partial charge >= 0.3 is 6.03 Å². The normalized spacial score (nSPS) is 11.1. The molecule has 0 aliphatic heterocycles. The van der Waals surface area contributed by atoms with E-state index in [2.05, 4.69) is 15.8 Å². The zero-order valence-corrected chi connectivity index (χ0v) is 12.6.